The second-order valence-corrected chi connectivity index (χ2v) is 23.4. The summed E-state index contributed by atoms with van der Waals surface area (Å²) in [5, 5.41) is 29.5. The molecule has 76 heavy (non-hydrogen) atoms. The molecule has 0 aromatic rings. The quantitative estimate of drug-likeness (QED) is 0.0232. The molecule has 1 aliphatic heterocycles. The first-order valence-electron chi connectivity index (χ1n) is 28.3. The standard InChI is InChI=1S/C28H44O6.C28H44O5.C6H11ClO.CH4/c1-6-7-10-13-20(2)23(29)17-16-22-21(24(30)18-25(22)31)14-11-8-9-12-15-27(33)34-19-26(32)28(3,4)5;1-4-5-8-13-21(2)26(33-28-16-11-12-19-32-28)18-17-23-22(3)20-25(29)24(23)14-9-6-7-10-15-27(30)31;1-6(2,3)5(8)4-7;/h16-17,20-23,25,29,31H,6,8-9,11-15,18-19H2,1-5H3;17-18,21-24,26,28H,4,6-7,9-16,19-20H2,1-3H3,(H,30,31);4H2,1-3H3;1H4/b17-16+;18-17+;;/t20-,21+,22+,23+,25+;21-,22+,23-,24+,26+,28?;;/m00../s1. The molecule has 0 amide bonds. The zero-order chi connectivity index (χ0) is 56.6. The number of esters is 1. The molecule has 0 aromatic carbocycles. The predicted octanol–water partition coefficient (Wildman–Crippen LogP) is 13.0. The number of halogens is 1. The van der Waals surface area contributed by atoms with E-state index < -0.39 is 23.6 Å². The lowest BCUT2D eigenvalue weighted by atomic mass is 9.85. The Morgan fingerprint density at radius 1 is 0.737 bits per heavy atom. The largest absolute Gasteiger partial charge is 0.481 e. The first-order chi connectivity index (χ1) is 35.4. The maximum absolute atomic E-state index is 12.7. The number of carbonyl (C=O) groups excluding carboxylic acids is 5. The summed E-state index contributed by atoms with van der Waals surface area (Å²) in [6, 6.07) is 0. The van der Waals surface area contributed by atoms with Gasteiger partial charge in [-0.05, 0) is 68.6 Å². The molecular formula is C63H103ClO12. The van der Waals surface area contributed by atoms with Crippen molar-refractivity contribution in [3.63, 3.8) is 0 Å². The van der Waals surface area contributed by atoms with Crippen molar-refractivity contribution in [1.82, 2.24) is 0 Å². The Kier molecular flexibility index (Phi) is 37.8. The monoisotopic (exact) mass is 1090 g/mol. The van der Waals surface area contributed by atoms with Gasteiger partial charge in [0, 0.05) is 86.6 Å². The fraction of sp³-hybridized carbons (Fsp3) is 0.778. The lowest BCUT2D eigenvalue weighted by Gasteiger charge is -2.29. The highest BCUT2D eigenvalue weighted by atomic mass is 35.5. The van der Waals surface area contributed by atoms with Crippen LogP contribution in [0.3, 0.4) is 0 Å². The van der Waals surface area contributed by atoms with Crippen molar-refractivity contribution in [2.75, 3.05) is 19.1 Å². The molecule has 0 spiro atoms. The molecule has 3 N–H and O–H groups in total. The number of carboxylic acid groups (broad SMARTS) is 1. The van der Waals surface area contributed by atoms with E-state index in [-0.39, 0.29) is 116 Å². The third kappa shape index (κ3) is 30.5. The second-order valence-electron chi connectivity index (χ2n) is 23.1. The number of alkyl halides is 1. The van der Waals surface area contributed by atoms with Crippen LogP contribution in [0, 0.1) is 75.9 Å². The summed E-state index contributed by atoms with van der Waals surface area (Å²) in [4.78, 5) is 70.1. The molecule has 3 fully saturated rings. The smallest absolute Gasteiger partial charge is 0.306 e. The molecule has 0 aromatic heterocycles. The van der Waals surface area contributed by atoms with Crippen LogP contribution >= 0.6 is 11.6 Å². The minimum atomic E-state index is -0.731. The molecule has 0 bridgehead atoms. The number of aliphatic hydroxyl groups excluding tert-OH is 2. The number of ketones is 4. The summed E-state index contributed by atoms with van der Waals surface area (Å²) in [5.41, 5.74) is -0.778. The third-order valence-electron chi connectivity index (χ3n) is 14.3. The number of hydrogen-bond donors (Lipinski definition) is 3. The summed E-state index contributed by atoms with van der Waals surface area (Å²) < 4.78 is 17.3. The van der Waals surface area contributed by atoms with Crippen molar-refractivity contribution < 1.29 is 58.3 Å². The number of Topliss-reactive ketones (excluding diaryl/α,β-unsaturated/α-hetero) is 4. The maximum Gasteiger partial charge on any atom is 0.306 e. The summed E-state index contributed by atoms with van der Waals surface area (Å²) >= 11 is 5.29. The number of carbonyl (C=O) groups is 6. The predicted molar refractivity (Wildman–Crippen MR) is 305 cm³/mol. The van der Waals surface area contributed by atoms with Crippen LogP contribution in [0.25, 0.3) is 0 Å². The SMILES string of the molecule is C.CC(C)(C)C(=O)CCl.CCC#CC[C@H](C)[C@@H](/C=C/[C@H]1[C@H](C)CC(=O)[C@@H]1CCCCCCC(=O)O)OC1CCCCO1.CCC#CC[C@H](C)[C@H](O)/C=C/[C@H]1[C@H](O)CC(=O)[C@@H]1CCCCCCC(=O)OCC(=O)C(C)(C)C. The number of carboxylic acids is 1. The van der Waals surface area contributed by atoms with Crippen molar-refractivity contribution in [2.45, 2.75) is 243 Å². The van der Waals surface area contributed by atoms with Gasteiger partial charge < -0.3 is 29.5 Å². The molecule has 2 aliphatic carbocycles. The van der Waals surface area contributed by atoms with E-state index in [4.69, 9.17) is 30.9 Å². The average molecular weight is 1090 g/mol. The van der Waals surface area contributed by atoms with Gasteiger partial charge in [-0.1, -0.05) is 146 Å². The van der Waals surface area contributed by atoms with Crippen molar-refractivity contribution in [1.29, 1.82) is 0 Å². The Balaban J connectivity index is 0.00000128. The van der Waals surface area contributed by atoms with Gasteiger partial charge in [0.25, 0.3) is 0 Å². The first kappa shape index (κ1) is 72.3. The van der Waals surface area contributed by atoms with Crippen LogP contribution in [-0.4, -0.2) is 94.1 Å². The van der Waals surface area contributed by atoms with Crippen LogP contribution in [-0.2, 0) is 43.0 Å². The van der Waals surface area contributed by atoms with Crippen LogP contribution in [0.1, 0.15) is 218 Å². The zero-order valence-electron chi connectivity index (χ0n) is 48.0. The summed E-state index contributed by atoms with van der Waals surface area (Å²) in [6.07, 6.45) is 22.2. The van der Waals surface area contributed by atoms with Crippen molar-refractivity contribution >= 4 is 46.7 Å². The zero-order valence-corrected chi connectivity index (χ0v) is 48.8. The van der Waals surface area contributed by atoms with E-state index in [0.29, 0.717) is 37.4 Å². The Morgan fingerprint density at radius 3 is 1.78 bits per heavy atom. The molecular weight excluding hydrogens is 984 g/mol. The summed E-state index contributed by atoms with van der Waals surface area (Å²) in [7, 11) is 0. The van der Waals surface area contributed by atoms with Crippen LogP contribution in [0.4, 0.5) is 0 Å². The van der Waals surface area contributed by atoms with E-state index in [1.165, 1.54) is 0 Å². The number of hydrogen-bond acceptors (Lipinski definition) is 11. The van der Waals surface area contributed by atoms with Gasteiger partial charge in [-0.25, -0.2) is 0 Å². The molecule has 13 heteroatoms. The number of rotatable bonds is 27. The number of allylic oxidation sites excluding steroid dienone is 1. The van der Waals surface area contributed by atoms with Gasteiger partial charge in [-0.3, -0.25) is 28.8 Å². The Hall–Kier alpha value is -3.65. The van der Waals surface area contributed by atoms with Gasteiger partial charge in [-0.15, -0.1) is 35.3 Å². The first-order valence-corrected chi connectivity index (χ1v) is 28.9. The molecule has 12 nitrogen and oxygen atoms in total. The summed E-state index contributed by atoms with van der Waals surface area (Å²) in [5.74, 6) is 12.3. The number of ether oxygens (including phenoxy) is 3. The van der Waals surface area contributed by atoms with Gasteiger partial charge in [0.2, 0.25) is 0 Å². The minimum absolute atomic E-state index is 0. The normalized spacial score (nSPS) is 23.1. The van der Waals surface area contributed by atoms with Gasteiger partial charge in [0.05, 0.1) is 24.2 Å². The van der Waals surface area contributed by atoms with Crippen LogP contribution in [0.15, 0.2) is 24.3 Å². The molecule has 11 atom stereocenters. The van der Waals surface area contributed by atoms with E-state index in [9.17, 15) is 39.0 Å². The van der Waals surface area contributed by atoms with Crippen molar-refractivity contribution in [3.05, 3.63) is 24.3 Å². The number of unbranched alkanes of at least 4 members (excludes halogenated alkanes) is 6. The topological polar surface area (TPSA) is 191 Å². The van der Waals surface area contributed by atoms with Crippen LogP contribution < -0.4 is 0 Å². The molecule has 1 heterocycles. The minimum Gasteiger partial charge on any atom is -0.481 e. The van der Waals surface area contributed by atoms with Crippen molar-refractivity contribution in [2.24, 2.45) is 52.3 Å². The highest BCUT2D eigenvalue weighted by Crippen LogP contribution is 2.39. The molecule has 3 rings (SSSR count). The molecule has 1 saturated heterocycles. The van der Waals surface area contributed by atoms with Gasteiger partial charge in [0.15, 0.2) is 24.5 Å². The molecule has 2 saturated carbocycles. The van der Waals surface area contributed by atoms with Gasteiger partial charge >= 0.3 is 11.9 Å². The fourth-order valence-electron chi connectivity index (χ4n) is 9.09. The van der Waals surface area contributed by atoms with E-state index in [1.54, 1.807) is 26.8 Å². The van der Waals surface area contributed by atoms with Gasteiger partial charge in [-0.2, -0.15) is 0 Å². The van der Waals surface area contributed by atoms with Crippen molar-refractivity contribution in [3.8, 4) is 23.7 Å². The van der Waals surface area contributed by atoms with E-state index in [0.717, 1.165) is 96.5 Å². The Bertz CT molecular complexity index is 1900. The molecule has 3 aliphatic rings. The highest BCUT2D eigenvalue weighted by Gasteiger charge is 2.40. The van der Waals surface area contributed by atoms with E-state index in [2.05, 4.69) is 56.6 Å². The Morgan fingerprint density at radius 2 is 1.26 bits per heavy atom. The highest BCUT2D eigenvalue weighted by molar-refractivity contribution is 6.28. The molecule has 1 unspecified atom stereocenters. The van der Waals surface area contributed by atoms with Gasteiger partial charge in [0.1, 0.15) is 11.6 Å². The molecule has 0 radical (unpaired) electrons. The number of aliphatic hydroxyl groups is 2. The Labute approximate surface area is 465 Å². The van der Waals surface area contributed by atoms with Crippen LogP contribution in [0.2, 0.25) is 0 Å². The van der Waals surface area contributed by atoms with E-state index in [1.807, 2.05) is 40.7 Å². The molecule has 434 valence electrons. The second kappa shape index (κ2) is 39.7. The third-order valence-corrected chi connectivity index (χ3v) is 14.6. The fourth-order valence-corrected chi connectivity index (χ4v) is 9.49. The number of aliphatic carboxylic acids is 1. The summed E-state index contributed by atoms with van der Waals surface area (Å²) in [6.45, 7) is 21.9. The maximum atomic E-state index is 12.7. The average Bonchev–Trinajstić information content (AvgIpc) is 3.78. The lowest BCUT2D eigenvalue weighted by molar-refractivity contribution is -0.186. The van der Waals surface area contributed by atoms with E-state index >= 15 is 0 Å². The van der Waals surface area contributed by atoms with Crippen LogP contribution in [0.5, 0.6) is 0 Å². The lowest BCUT2D eigenvalue weighted by Crippen LogP contribution is -2.30.